The summed E-state index contributed by atoms with van der Waals surface area (Å²) in [6, 6.07) is 0. The van der Waals surface area contributed by atoms with E-state index in [2.05, 4.69) is 24.0 Å². The van der Waals surface area contributed by atoms with Crippen LogP contribution in [0.3, 0.4) is 0 Å². The maximum atomic E-state index is 5.65. The van der Waals surface area contributed by atoms with Crippen molar-refractivity contribution in [1.29, 1.82) is 0 Å². The van der Waals surface area contributed by atoms with Crippen molar-refractivity contribution in [3.63, 3.8) is 0 Å². The first-order chi connectivity index (χ1) is 6.74. The molecule has 0 saturated carbocycles. The van der Waals surface area contributed by atoms with Gasteiger partial charge >= 0.3 is 0 Å². The van der Waals surface area contributed by atoms with E-state index in [-0.39, 0.29) is 0 Å². The SMILES string of the molecule is CCOCNP(NC)OC[C@H](C)CC. The van der Waals surface area contributed by atoms with Crippen molar-refractivity contribution in [2.45, 2.75) is 27.2 Å². The number of nitrogens with one attached hydrogen (secondary N) is 2. The molecule has 0 aliphatic rings. The molecule has 0 bridgehead atoms. The molecule has 14 heavy (non-hydrogen) atoms. The van der Waals surface area contributed by atoms with Crippen LogP contribution in [0.1, 0.15) is 27.2 Å². The van der Waals surface area contributed by atoms with Crippen molar-refractivity contribution < 1.29 is 9.26 Å². The van der Waals surface area contributed by atoms with Gasteiger partial charge in [-0.3, -0.25) is 5.09 Å². The molecule has 0 aliphatic carbocycles. The summed E-state index contributed by atoms with van der Waals surface area (Å²) in [5.41, 5.74) is 0. The van der Waals surface area contributed by atoms with Crippen LogP contribution in [-0.4, -0.2) is 27.0 Å². The Morgan fingerprint density at radius 1 is 1.36 bits per heavy atom. The minimum atomic E-state index is -0.733. The molecule has 0 saturated heterocycles. The second-order valence-electron chi connectivity index (χ2n) is 3.12. The average Bonchev–Trinajstić information content (AvgIpc) is 2.22. The van der Waals surface area contributed by atoms with E-state index in [9.17, 15) is 0 Å². The summed E-state index contributed by atoms with van der Waals surface area (Å²) in [4.78, 5) is 0. The highest BCUT2D eigenvalue weighted by Gasteiger charge is 2.07. The molecule has 0 heterocycles. The topological polar surface area (TPSA) is 42.5 Å². The molecular formula is C9H23N2O2P. The molecule has 2 atom stereocenters. The number of hydrogen-bond acceptors (Lipinski definition) is 4. The average molecular weight is 222 g/mol. The van der Waals surface area contributed by atoms with E-state index in [1.807, 2.05) is 14.0 Å². The van der Waals surface area contributed by atoms with Gasteiger partial charge in [0.25, 0.3) is 0 Å². The van der Waals surface area contributed by atoms with E-state index in [1.54, 1.807) is 0 Å². The van der Waals surface area contributed by atoms with Crippen molar-refractivity contribution in [3.8, 4) is 0 Å². The van der Waals surface area contributed by atoms with E-state index in [0.717, 1.165) is 19.6 Å². The Morgan fingerprint density at radius 2 is 2.07 bits per heavy atom. The number of ether oxygens (including phenoxy) is 1. The molecule has 0 aliphatic heterocycles. The van der Waals surface area contributed by atoms with E-state index < -0.39 is 8.45 Å². The third-order valence-corrected chi connectivity index (χ3v) is 3.13. The van der Waals surface area contributed by atoms with Gasteiger partial charge in [0, 0.05) is 6.61 Å². The van der Waals surface area contributed by atoms with Gasteiger partial charge in [0.1, 0.15) is 6.73 Å². The Hall–Kier alpha value is 0.270. The van der Waals surface area contributed by atoms with Crippen molar-refractivity contribution in [1.82, 2.24) is 10.2 Å². The lowest BCUT2D eigenvalue weighted by Crippen LogP contribution is -2.21. The second-order valence-corrected chi connectivity index (χ2v) is 4.73. The van der Waals surface area contributed by atoms with Gasteiger partial charge in [-0.25, -0.2) is 5.09 Å². The highest BCUT2D eigenvalue weighted by Crippen LogP contribution is 2.26. The van der Waals surface area contributed by atoms with Gasteiger partial charge in [-0.2, -0.15) is 0 Å². The summed E-state index contributed by atoms with van der Waals surface area (Å²) in [6.45, 7) is 8.40. The van der Waals surface area contributed by atoms with E-state index in [4.69, 9.17) is 9.26 Å². The van der Waals surface area contributed by atoms with Gasteiger partial charge in [0.15, 0.2) is 8.45 Å². The standard InChI is InChI=1S/C9H23N2O2P/c1-5-9(3)7-13-14(10-4)11-8-12-6-2/h9-11H,5-8H2,1-4H3/t9-,14?/m1/s1. The Kier molecular flexibility index (Phi) is 10.0. The Balaban J connectivity index is 3.47. The summed E-state index contributed by atoms with van der Waals surface area (Å²) in [5.74, 6) is 0.613. The fourth-order valence-corrected chi connectivity index (χ4v) is 1.71. The van der Waals surface area contributed by atoms with Crippen molar-refractivity contribution in [2.75, 3.05) is 27.0 Å². The van der Waals surface area contributed by atoms with Gasteiger partial charge in [0.05, 0.1) is 6.61 Å². The molecule has 0 aromatic carbocycles. The summed E-state index contributed by atoms with van der Waals surface area (Å²) >= 11 is 0. The van der Waals surface area contributed by atoms with Crippen LogP contribution >= 0.6 is 8.45 Å². The summed E-state index contributed by atoms with van der Waals surface area (Å²) in [5, 5.41) is 6.25. The fourth-order valence-electron chi connectivity index (χ4n) is 0.715. The Morgan fingerprint density at radius 3 is 2.57 bits per heavy atom. The second kappa shape index (κ2) is 9.81. The van der Waals surface area contributed by atoms with E-state index in [0.29, 0.717) is 12.6 Å². The molecule has 0 fully saturated rings. The quantitative estimate of drug-likeness (QED) is 0.356. The molecule has 86 valence electrons. The number of rotatable bonds is 9. The normalized spacial score (nSPS) is 15.4. The molecule has 0 spiro atoms. The van der Waals surface area contributed by atoms with E-state index >= 15 is 0 Å². The largest absolute Gasteiger partial charge is 0.366 e. The van der Waals surface area contributed by atoms with Gasteiger partial charge in [0.2, 0.25) is 0 Å². The monoisotopic (exact) mass is 222 g/mol. The van der Waals surface area contributed by atoms with Gasteiger partial charge in [-0.15, -0.1) is 0 Å². The van der Waals surface area contributed by atoms with Crippen LogP contribution in [0.15, 0.2) is 0 Å². The Bertz CT molecular complexity index is 127. The highest BCUT2D eigenvalue weighted by molar-refractivity contribution is 7.48. The summed E-state index contributed by atoms with van der Waals surface area (Å²) in [7, 11) is 1.16. The lowest BCUT2D eigenvalue weighted by atomic mass is 10.1. The zero-order valence-corrected chi connectivity index (χ0v) is 10.6. The van der Waals surface area contributed by atoms with Crippen molar-refractivity contribution in [3.05, 3.63) is 0 Å². The first-order valence-corrected chi connectivity index (χ1v) is 6.42. The minimum Gasteiger partial charge on any atom is -0.366 e. The smallest absolute Gasteiger partial charge is 0.183 e. The molecule has 0 radical (unpaired) electrons. The zero-order chi connectivity index (χ0) is 10.8. The molecule has 5 heteroatoms. The van der Waals surface area contributed by atoms with Crippen molar-refractivity contribution >= 4 is 8.45 Å². The summed E-state index contributed by atoms with van der Waals surface area (Å²) in [6.07, 6.45) is 1.15. The minimum absolute atomic E-state index is 0.545. The first kappa shape index (κ1) is 14.3. The van der Waals surface area contributed by atoms with Crippen LogP contribution in [0.4, 0.5) is 0 Å². The predicted molar refractivity (Wildman–Crippen MR) is 61.0 cm³/mol. The molecule has 1 unspecified atom stereocenters. The Labute approximate surface area is 88.7 Å². The fraction of sp³-hybridized carbons (Fsp3) is 1.00. The summed E-state index contributed by atoms with van der Waals surface area (Å²) < 4.78 is 10.8. The van der Waals surface area contributed by atoms with Crippen molar-refractivity contribution in [2.24, 2.45) is 5.92 Å². The first-order valence-electron chi connectivity index (χ1n) is 5.16. The molecule has 2 N–H and O–H groups in total. The number of hydrogen-bond donors (Lipinski definition) is 2. The van der Waals surface area contributed by atoms with Crippen LogP contribution < -0.4 is 10.2 Å². The molecule has 0 amide bonds. The maximum Gasteiger partial charge on any atom is 0.183 e. The molecule has 4 nitrogen and oxygen atoms in total. The molecule has 0 aromatic rings. The van der Waals surface area contributed by atoms with Gasteiger partial charge in [-0.1, -0.05) is 20.3 Å². The van der Waals surface area contributed by atoms with Crippen LogP contribution in [-0.2, 0) is 9.26 Å². The predicted octanol–water partition coefficient (Wildman–Crippen LogP) is 2.08. The molecular weight excluding hydrogens is 199 g/mol. The van der Waals surface area contributed by atoms with Crippen LogP contribution in [0.25, 0.3) is 0 Å². The maximum absolute atomic E-state index is 5.65. The lowest BCUT2D eigenvalue weighted by molar-refractivity contribution is 0.141. The third kappa shape index (κ3) is 7.65. The van der Waals surface area contributed by atoms with Gasteiger partial charge in [-0.05, 0) is 19.9 Å². The lowest BCUT2D eigenvalue weighted by Gasteiger charge is -2.19. The van der Waals surface area contributed by atoms with Crippen LogP contribution in [0, 0.1) is 5.92 Å². The molecule has 0 aromatic heterocycles. The van der Waals surface area contributed by atoms with E-state index in [1.165, 1.54) is 0 Å². The van der Waals surface area contributed by atoms with Gasteiger partial charge < -0.3 is 9.26 Å². The third-order valence-electron chi connectivity index (χ3n) is 1.90. The van der Waals surface area contributed by atoms with Crippen LogP contribution in [0.2, 0.25) is 0 Å². The van der Waals surface area contributed by atoms with Crippen LogP contribution in [0.5, 0.6) is 0 Å². The zero-order valence-electron chi connectivity index (χ0n) is 9.67. The highest BCUT2D eigenvalue weighted by atomic mass is 31.2. The molecule has 0 rings (SSSR count).